The van der Waals surface area contributed by atoms with Gasteiger partial charge in [0.1, 0.15) is 0 Å². The van der Waals surface area contributed by atoms with Gasteiger partial charge in [0.15, 0.2) is 0 Å². The largest absolute Gasteiger partial charge is 0.396 e. The van der Waals surface area contributed by atoms with Crippen molar-refractivity contribution in [2.24, 2.45) is 33.5 Å². The maximum absolute atomic E-state index is 9.40. The molecule has 5 atom stereocenters. The van der Waals surface area contributed by atoms with Crippen LogP contribution in [0.4, 0.5) is 0 Å². The minimum atomic E-state index is 0.269. The lowest BCUT2D eigenvalue weighted by Gasteiger charge is -2.36. The highest BCUT2D eigenvalue weighted by Gasteiger charge is 2.74. The standard InChI is InChI=1S/C16H28O/c1-13(2)11(6-12-7-14(12,3)10-17)8-15(4)9-16(13,15)5/h11-12,17H,6-10H2,1-5H3/t11-,12?,14?,15?,16+/m0/s1. The van der Waals surface area contributed by atoms with E-state index in [-0.39, 0.29) is 5.41 Å². The third-order valence-electron chi connectivity index (χ3n) is 7.56. The SMILES string of the molecule is CC1(CO)CC1C[C@H]1CC2(C)C[C@]2(C)C1(C)C. The Morgan fingerprint density at radius 2 is 1.65 bits per heavy atom. The quantitative estimate of drug-likeness (QED) is 0.789. The molecule has 3 aliphatic carbocycles. The molecule has 0 heterocycles. The van der Waals surface area contributed by atoms with Gasteiger partial charge in [-0.3, -0.25) is 0 Å². The van der Waals surface area contributed by atoms with Crippen LogP contribution in [-0.4, -0.2) is 11.7 Å². The maximum Gasteiger partial charge on any atom is 0.0487 e. The Hall–Kier alpha value is -0.0400. The third kappa shape index (κ3) is 1.30. The summed E-state index contributed by atoms with van der Waals surface area (Å²) in [7, 11) is 0. The van der Waals surface area contributed by atoms with E-state index in [1.165, 1.54) is 25.7 Å². The highest BCUT2D eigenvalue weighted by atomic mass is 16.3. The van der Waals surface area contributed by atoms with Crippen molar-refractivity contribution in [3.8, 4) is 0 Å². The molecule has 0 radical (unpaired) electrons. The van der Waals surface area contributed by atoms with E-state index < -0.39 is 0 Å². The van der Waals surface area contributed by atoms with E-state index in [4.69, 9.17) is 0 Å². The van der Waals surface area contributed by atoms with Crippen LogP contribution < -0.4 is 0 Å². The summed E-state index contributed by atoms with van der Waals surface area (Å²) in [6.07, 6.45) is 5.47. The molecule has 17 heavy (non-hydrogen) atoms. The summed E-state index contributed by atoms with van der Waals surface area (Å²) in [6.45, 7) is 12.6. The van der Waals surface area contributed by atoms with Gasteiger partial charge in [-0.25, -0.2) is 0 Å². The van der Waals surface area contributed by atoms with E-state index in [1.54, 1.807) is 0 Å². The predicted molar refractivity (Wildman–Crippen MR) is 70.6 cm³/mol. The van der Waals surface area contributed by atoms with Crippen LogP contribution >= 0.6 is 0 Å². The molecule has 1 heteroatoms. The lowest BCUT2D eigenvalue weighted by Crippen LogP contribution is -2.28. The average molecular weight is 236 g/mol. The van der Waals surface area contributed by atoms with Gasteiger partial charge in [-0.05, 0) is 59.2 Å². The van der Waals surface area contributed by atoms with Crippen LogP contribution in [0.1, 0.15) is 60.3 Å². The summed E-state index contributed by atoms with van der Waals surface area (Å²) >= 11 is 0. The molecule has 0 spiro atoms. The fraction of sp³-hybridized carbons (Fsp3) is 1.00. The summed E-state index contributed by atoms with van der Waals surface area (Å²) in [4.78, 5) is 0. The summed E-state index contributed by atoms with van der Waals surface area (Å²) in [5, 5.41) is 9.40. The zero-order chi connectivity index (χ0) is 12.7. The number of rotatable bonds is 3. The second kappa shape index (κ2) is 2.92. The van der Waals surface area contributed by atoms with E-state index in [9.17, 15) is 5.11 Å². The molecule has 3 saturated carbocycles. The lowest BCUT2D eigenvalue weighted by atomic mass is 9.69. The van der Waals surface area contributed by atoms with Crippen molar-refractivity contribution in [3.05, 3.63) is 0 Å². The van der Waals surface area contributed by atoms with Crippen LogP contribution in [0.5, 0.6) is 0 Å². The lowest BCUT2D eigenvalue weighted by molar-refractivity contribution is 0.125. The fourth-order valence-corrected chi connectivity index (χ4v) is 5.08. The highest BCUT2D eigenvalue weighted by molar-refractivity contribution is 5.23. The van der Waals surface area contributed by atoms with Crippen LogP contribution in [0.2, 0.25) is 0 Å². The number of hydrogen-bond donors (Lipinski definition) is 1. The van der Waals surface area contributed by atoms with Gasteiger partial charge >= 0.3 is 0 Å². The van der Waals surface area contributed by atoms with Gasteiger partial charge < -0.3 is 5.11 Å². The van der Waals surface area contributed by atoms with E-state index in [0.29, 0.717) is 22.9 Å². The minimum Gasteiger partial charge on any atom is -0.396 e. The molecule has 0 aromatic rings. The van der Waals surface area contributed by atoms with Gasteiger partial charge in [-0.1, -0.05) is 34.6 Å². The Labute approximate surface area is 106 Å². The van der Waals surface area contributed by atoms with Crippen molar-refractivity contribution < 1.29 is 5.11 Å². The number of fused-ring (bicyclic) bond motifs is 1. The second-order valence-electron chi connectivity index (χ2n) is 8.64. The smallest absolute Gasteiger partial charge is 0.0487 e. The fourth-order valence-electron chi connectivity index (χ4n) is 5.08. The van der Waals surface area contributed by atoms with E-state index in [2.05, 4.69) is 34.6 Å². The molecule has 3 unspecified atom stereocenters. The normalized spacial score (nSPS) is 58.9. The topological polar surface area (TPSA) is 20.2 Å². The van der Waals surface area contributed by atoms with Crippen molar-refractivity contribution in [3.63, 3.8) is 0 Å². The molecule has 3 aliphatic rings. The molecule has 3 rings (SSSR count). The predicted octanol–water partition coefficient (Wildman–Crippen LogP) is 3.86. The first kappa shape index (κ1) is 12.0. The summed E-state index contributed by atoms with van der Waals surface area (Å²) in [6, 6.07) is 0. The Kier molecular flexibility index (Phi) is 2.07. The first-order chi connectivity index (χ1) is 7.69. The Morgan fingerprint density at radius 3 is 2.06 bits per heavy atom. The summed E-state index contributed by atoms with van der Waals surface area (Å²) in [5.74, 6) is 1.67. The molecule has 0 bridgehead atoms. The van der Waals surface area contributed by atoms with Crippen LogP contribution in [0.25, 0.3) is 0 Å². The van der Waals surface area contributed by atoms with Gasteiger partial charge in [-0.15, -0.1) is 0 Å². The number of aliphatic hydroxyl groups excluding tert-OH is 1. The molecule has 0 amide bonds. The molecular weight excluding hydrogens is 208 g/mol. The monoisotopic (exact) mass is 236 g/mol. The maximum atomic E-state index is 9.40. The molecular formula is C16H28O. The Balaban J connectivity index is 1.71. The van der Waals surface area contributed by atoms with Gasteiger partial charge in [-0.2, -0.15) is 0 Å². The summed E-state index contributed by atoms with van der Waals surface area (Å²) in [5.41, 5.74) is 1.99. The molecule has 0 saturated heterocycles. The van der Waals surface area contributed by atoms with Crippen LogP contribution in [0.3, 0.4) is 0 Å². The van der Waals surface area contributed by atoms with Gasteiger partial charge in [0.25, 0.3) is 0 Å². The second-order valence-corrected chi connectivity index (χ2v) is 8.64. The van der Waals surface area contributed by atoms with Gasteiger partial charge in [0, 0.05) is 6.61 Å². The van der Waals surface area contributed by atoms with Gasteiger partial charge in [0.05, 0.1) is 0 Å². The van der Waals surface area contributed by atoms with Crippen molar-refractivity contribution in [2.75, 3.05) is 6.61 Å². The van der Waals surface area contributed by atoms with E-state index in [1.807, 2.05) is 0 Å². The molecule has 98 valence electrons. The highest BCUT2D eigenvalue weighted by Crippen LogP contribution is 2.82. The Bertz CT molecular complexity index is 361. The first-order valence-corrected chi connectivity index (χ1v) is 7.29. The van der Waals surface area contributed by atoms with Gasteiger partial charge in [0.2, 0.25) is 0 Å². The minimum absolute atomic E-state index is 0.269. The average Bonchev–Trinajstić information content (AvgIpc) is 3.01. The molecule has 0 aliphatic heterocycles. The zero-order valence-corrected chi connectivity index (χ0v) is 12.1. The zero-order valence-electron chi connectivity index (χ0n) is 12.1. The van der Waals surface area contributed by atoms with Crippen molar-refractivity contribution in [1.29, 1.82) is 0 Å². The van der Waals surface area contributed by atoms with E-state index in [0.717, 1.165) is 11.8 Å². The van der Waals surface area contributed by atoms with E-state index >= 15 is 0 Å². The molecule has 1 nitrogen and oxygen atoms in total. The van der Waals surface area contributed by atoms with Crippen LogP contribution in [-0.2, 0) is 0 Å². The molecule has 1 N–H and O–H groups in total. The summed E-state index contributed by atoms with van der Waals surface area (Å²) < 4.78 is 0. The van der Waals surface area contributed by atoms with Crippen molar-refractivity contribution in [1.82, 2.24) is 0 Å². The van der Waals surface area contributed by atoms with Crippen LogP contribution in [0, 0.1) is 33.5 Å². The number of hydrogen-bond acceptors (Lipinski definition) is 1. The van der Waals surface area contributed by atoms with Crippen LogP contribution in [0.15, 0.2) is 0 Å². The Morgan fingerprint density at radius 1 is 1.00 bits per heavy atom. The molecule has 0 aromatic carbocycles. The molecule has 3 fully saturated rings. The number of aliphatic hydroxyl groups is 1. The third-order valence-corrected chi connectivity index (χ3v) is 7.56. The molecule has 0 aromatic heterocycles. The van der Waals surface area contributed by atoms with Crippen molar-refractivity contribution in [2.45, 2.75) is 60.3 Å². The first-order valence-electron chi connectivity index (χ1n) is 7.29. The van der Waals surface area contributed by atoms with Crippen molar-refractivity contribution >= 4 is 0 Å².